The number of rotatable bonds is 2. The van der Waals surface area contributed by atoms with E-state index in [4.69, 9.17) is 0 Å². The largest absolute Gasteiger partial charge is 0.319 e. The molecule has 2 nitrogen and oxygen atoms in total. The van der Waals surface area contributed by atoms with E-state index in [0.29, 0.717) is 5.56 Å². The summed E-state index contributed by atoms with van der Waals surface area (Å²) in [6, 6.07) is 9.87. The molecule has 0 saturated carbocycles. The average molecular weight is 247 g/mol. The quantitative estimate of drug-likeness (QED) is 0.864. The van der Waals surface area contributed by atoms with Crippen molar-refractivity contribution in [1.29, 1.82) is 0 Å². The molecule has 0 bridgehead atoms. The van der Waals surface area contributed by atoms with Gasteiger partial charge in [0.25, 0.3) is 5.91 Å². The summed E-state index contributed by atoms with van der Waals surface area (Å²) in [5.41, 5.74) is 1.41. The predicted molar refractivity (Wildman–Crippen MR) is 65.5 cm³/mol. The van der Waals surface area contributed by atoms with E-state index in [9.17, 15) is 13.6 Å². The molecule has 0 saturated heterocycles. The van der Waals surface area contributed by atoms with E-state index in [0.717, 1.165) is 17.7 Å². The number of halogens is 2. The third-order valence-corrected chi connectivity index (χ3v) is 2.49. The van der Waals surface area contributed by atoms with Gasteiger partial charge in [-0.2, -0.15) is 0 Å². The van der Waals surface area contributed by atoms with Crippen molar-refractivity contribution in [2.24, 2.45) is 0 Å². The summed E-state index contributed by atoms with van der Waals surface area (Å²) in [6.45, 7) is 1.90. The number of hydrogen-bond acceptors (Lipinski definition) is 1. The molecule has 4 heteroatoms. The second-order valence-corrected chi connectivity index (χ2v) is 3.94. The van der Waals surface area contributed by atoms with E-state index in [1.54, 1.807) is 24.3 Å². The van der Waals surface area contributed by atoms with Gasteiger partial charge in [0.15, 0.2) is 0 Å². The Labute approximate surface area is 103 Å². The Hall–Kier alpha value is -2.23. The maximum atomic E-state index is 13.3. The molecule has 18 heavy (non-hydrogen) atoms. The summed E-state index contributed by atoms with van der Waals surface area (Å²) in [5.74, 6) is -1.91. The Morgan fingerprint density at radius 2 is 1.72 bits per heavy atom. The molecule has 0 aromatic heterocycles. The zero-order chi connectivity index (χ0) is 13.1. The van der Waals surface area contributed by atoms with Crippen LogP contribution in [0.2, 0.25) is 0 Å². The summed E-state index contributed by atoms with van der Waals surface area (Å²) >= 11 is 0. The highest BCUT2D eigenvalue weighted by atomic mass is 19.1. The Morgan fingerprint density at radius 3 is 2.33 bits per heavy atom. The van der Waals surface area contributed by atoms with Gasteiger partial charge in [-0.15, -0.1) is 0 Å². The van der Waals surface area contributed by atoms with Crippen molar-refractivity contribution in [2.75, 3.05) is 5.32 Å². The highest BCUT2D eigenvalue weighted by Crippen LogP contribution is 2.16. The Kier molecular flexibility index (Phi) is 3.37. The molecule has 2 aromatic carbocycles. The highest BCUT2D eigenvalue weighted by Gasteiger charge is 2.09. The lowest BCUT2D eigenvalue weighted by Crippen LogP contribution is -2.13. The van der Waals surface area contributed by atoms with Crippen molar-refractivity contribution in [3.63, 3.8) is 0 Å². The minimum atomic E-state index is -0.796. The lowest BCUT2D eigenvalue weighted by Gasteiger charge is -2.06. The molecule has 2 aromatic rings. The number of anilines is 1. The summed E-state index contributed by atoms with van der Waals surface area (Å²) in [4.78, 5) is 11.8. The molecule has 0 atom stereocenters. The molecule has 1 amide bonds. The van der Waals surface area contributed by atoms with Gasteiger partial charge in [0.1, 0.15) is 11.6 Å². The highest BCUT2D eigenvalue weighted by molar-refractivity contribution is 6.04. The summed E-state index contributed by atoms with van der Waals surface area (Å²) in [6.07, 6.45) is 0. The summed E-state index contributed by atoms with van der Waals surface area (Å²) < 4.78 is 26.0. The first-order valence-corrected chi connectivity index (χ1v) is 5.39. The second-order valence-electron chi connectivity index (χ2n) is 3.94. The average Bonchev–Trinajstić information content (AvgIpc) is 2.33. The van der Waals surface area contributed by atoms with E-state index >= 15 is 0 Å². The van der Waals surface area contributed by atoms with Gasteiger partial charge in [-0.05, 0) is 31.2 Å². The summed E-state index contributed by atoms with van der Waals surface area (Å²) in [7, 11) is 0. The number of carbonyl (C=O) groups excluding carboxylic acids is 1. The van der Waals surface area contributed by atoms with Gasteiger partial charge in [-0.25, -0.2) is 8.78 Å². The van der Waals surface area contributed by atoms with Crippen LogP contribution in [-0.4, -0.2) is 5.91 Å². The van der Waals surface area contributed by atoms with Gasteiger partial charge in [0, 0.05) is 11.6 Å². The molecule has 0 aliphatic heterocycles. The van der Waals surface area contributed by atoms with E-state index in [2.05, 4.69) is 5.32 Å². The fraction of sp³-hybridized carbons (Fsp3) is 0.0714. The van der Waals surface area contributed by atoms with Crippen LogP contribution in [0.1, 0.15) is 15.9 Å². The molecule has 92 valence electrons. The van der Waals surface area contributed by atoms with Gasteiger partial charge in [0.2, 0.25) is 0 Å². The third-order valence-electron chi connectivity index (χ3n) is 2.49. The number of carbonyl (C=O) groups is 1. The Morgan fingerprint density at radius 1 is 1.06 bits per heavy atom. The van der Waals surface area contributed by atoms with Crippen molar-refractivity contribution < 1.29 is 13.6 Å². The molecule has 0 radical (unpaired) electrons. The zero-order valence-corrected chi connectivity index (χ0v) is 9.71. The van der Waals surface area contributed by atoms with E-state index < -0.39 is 17.5 Å². The fourth-order valence-corrected chi connectivity index (χ4v) is 1.49. The molecule has 1 N–H and O–H groups in total. The van der Waals surface area contributed by atoms with E-state index in [-0.39, 0.29) is 5.69 Å². The Bertz CT molecular complexity index is 579. The molecule has 0 spiro atoms. The first kappa shape index (κ1) is 12.2. The van der Waals surface area contributed by atoms with Crippen LogP contribution in [-0.2, 0) is 0 Å². The van der Waals surface area contributed by atoms with Crippen molar-refractivity contribution in [1.82, 2.24) is 0 Å². The minimum Gasteiger partial charge on any atom is -0.319 e. The van der Waals surface area contributed by atoms with Gasteiger partial charge in [-0.3, -0.25) is 4.79 Å². The van der Waals surface area contributed by atoms with Crippen LogP contribution in [0, 0.1) is 18.6 Å². The molecule has 0 fully saturated rings. The van der Waals surface area contributed by atoms with Crippen LogP contribution in [0.25, 0.3) is 0 Å². The van der Waals surface area contributed by atoms with Crippen LogP contribution in [0.3, 0.4) is 0 Å². The van der Waals surface area contributed by atoms with Crippen LogP contribution in [0.5, 0.6) is 0 Å². The van der Waals surface area contributed by atoms with Crippen molar-refractivity contribution in [2.45, 2.75) is 6.92 Å². The SMILES string of the molecule is Cc1ccc(C(=O)Nc2ccc(F)cc2F)cc1. The molecule has 0 aliphatic carbocycles. The summed E-state index contributed by atoms with van der Waals surface area (Å²) in [5, 5.41) is 2.39. The Balaban J connectivity index is 2.18. The first-order valence-electron chi connectivity index (χ1n) is 5.39. The standard InChI is InChI=1S/C14H11F2NO/c1-9-2-4-10(5-3-9)14(18)17-13-7-6-11(15)8-12(13)16/h2-8H,1H3,(H,17,18). The number of amides is 1. The van der Waals surface area contributed by atoms with Crippen molar-refractivity contribution in [3.05, 3.63) is 65.2 Å². The monoisotopic (exact) mass is 247 g/mol. The lowest BCUT2D eigenvalue weighted by atomic mass is 10.1. The van der Waals surface area contributed by atoms with Crippen LogP contribution in [0.4, 0.5) is 14.5 Å². The van der Waals surface area contributed by atoms with E-state index in [1.165, 1.54) is 6.07 Å². The normalized spacial score (nSPS) is 10.2. The first-order chi connectivity index (χ1) is 8.56. The predicted octanol–water partition coefficient (Wildman–Crippen LogP) is 3.53. The van der Waals surface area contributed by atoms with Gasteiger partial charge >= 0.3 is 0 Å². The number of benzene rings is 2. The topological polar surface area (TPSA) is 29.1 Å². The molecular weight excluding hydrogens is 236 g/mol. The third kappa shape index (κ3) is 2.71. The maximum Gasteiger partial charge on any atom is 0.255 e. The number of nitrogens with one attached hydrogen (secondary N) is 1. The zero-order valence-electron chi connectivity index (χ0n) is 9.71. The van der Waals surface area contributed by atoms with Gasteiger partial charge < -0.3 is 5.32 Å². The minimum absolute atomic E-state index is 0.0398. The van der Waals surface area contributed by atoms with Gasteiger partial charge in [-0.1, -0.05) is 17.7 Å². The number of hydrogen-bond donors (Lipinski definition) is 1. The van der Waals surface area contributed by atoms with Crippen LogP contribution in [0.15, 0.2) is 42.5 Å². The molecule has 2 rings (SSSR count). The smallest absolute Gasteiger partial charge is 0.255 e. The molecule has 0 unspecified atom stereocenters. The molecule has 0 heterocycles. The van der Waals surface area contributed by atoms with Crippen LogP contribution >= 0.6 is 0 Å². The lowest BCUT2D eigenvalue weighted by molar-refractivity contribution is 0.102. The fourth-order valence-electron chi connectivity index (χ4n) is 1.49. The van der Waals surface area contributed by atoms with Gasteiger partial charge in [0.05, 0.1) is 5.69 Å². The molecular formula is C14H11F2NO. The van der Waals surface area contributed by atoms with Crippen molar-refractivity contribution in [3.8, 4) is 0 Å². The maximum absolute atomic E-state index is 13.3. The second kappa shape index (κ2) is 4.96. The molecule has 0 aliphatic rings. The van der Waals surface area contributed by atoms with Crippen LogP contribution < -0.4 is 5.32 Å². The number of aryl methyl sites for hydroxylation is 1. The van der Waals surface area contributed by atoms with Crippen molar-refractivity contribution >= 4 is 11.6 Å². The van der Waals surface area contributed by atoms with E-state index in [1.807, 2.05) is 6.92 Å².